The van der Waals surface area contributed by atoms with Crippen LogP contribution in [0.4, 0.5) is 5.82 Å². The lowest BCUT2D eigenvalue weighted by atomic mass is 10.1. The number of morpholine rings is 1. The van der Waals surface area contributed by atoms with Gasteiger partial charge < -0.3 is 20.4 Å². The van der Waals surface area contributed by atoms with Gasteiger partial charge in [-0.15, -0.1) is 0 Å². The zero-order valence-electron chi connectivity index (χ0n) is 15.5. The molecule has 1 aliphatic rings. The standard InChI is InChI=1S/C21H18ClN5O2/c22-13-3-1-2-12(10-13)16-11-15(20(23)28)19-18(24-16)14-4-5-17(25-21(14)26-19)27-6-8-29-9-7-27/h1-5,10-11H,6-9H2,(H2,23,28)(H,25,26). The third-order valence-corrected chi connectivity index (χ3v) is 5.35. The zero-order chi connectivity index (χ0) is 20.0. The number of hydrogen-bond acceptors (Lipinski definition) is 5. The van der Waals surface area contributed by atoms with Gasteiger partial charge in [0.05, 0.1) is 35.5 Å². The van der Waals surface area contributed by atoms with Gasteiger partial charge >= 0.3 is 0 Å². The van der Waals surface area contributed by atoms with Crippen molar-refractivity contribution >= 4 is 45.4 Å². The molecular weight excluding hydrogens is 390 g/mol. The topological polar surface area (TPSA) is 97.1 Å². The fourth-order valence-electron chi connectivity index (χ4n) is 3.68. The molecule has 8 heteroatoms. The van der Waals surface area contributed by atoms with Crippen LogP contribution < -0.4 is 10.6 Å². The predicted octanol–water partition coefficient (Wildman–Crippen LogP) is 3.37. The van der Waals surface area contributed by atoms with Crippen LogP contribution in [-0.4, -0.2) is 47.2 Å². The molecule has 1 fully saturated rings. The molecule has 1 saturated heterocycles. The van der Waals surface area contributed by atoms with E-state index in [1.807, 2.05) is 30.3 Å². The summed E-state index contributed by atoms with van der Waals surface area (Å²) in [5, 5.41) is 1.43. The van der Waals surface area contributed by atoms with Crippen LogP contribution in [0.2, 0.25) is 5.02 Å². The number of pyridine rings is 2. The predicted molar refractivity (Wildman–Crippen MR) is 113 cm³/mol. The summed E-state index contributed by atoms with van der Waals surface area (Å²) in [5.41, 5.74) is 9.40. The lowest BCUT2D eigenvalue weighted by Gasteiger charge is -2.27. The molecule has 1 aliphatic heterocycles. The summed E-state index contributed by atoms with van der Waals surface area (Å²) < 4.78 is 5.41. The van der Waals surface area contributed by atoms with E-state index in [1.54, 1.807) is 12.1 Å². The summed E-state index contributed by atoms with van der Waals surface area (Å²) in [6.45, 7) is 2.95. The number of amides is 1. The van der Waals surface area contributed by atoms with Crippen LogP contribution in [0.5, 0.6) is 0 Å². The maximum atomic E-state index is 12.2. The molecule has 3 N–H and O–H groups in total. The molecule has 146 valence electrons. The van der Waals surface area contributed by atoms with E-state index < -0.39 is 5.91 Å². The Kier molecular flexibility index (Phi) is 4.34. The molecule has 5 rings (SSSR count). The maximum absolute atomic E-state index is 12.2. The van der Waals surface area contributed by atoms with Gasteiger partial charge in [-0.2, -0.15) is 0 Å². The molecule has 7 nitrogen and oxygen atoms in total. The number of halogens is 1. The number of anilines is 1. The van der Waals surface area contributed by atoms with E-state index in [0.717, 1.165) is 29.9 Å². The van der Waals surface area contributed by atoms with Gasteiger partial charge in [0.1, 0.15) is 11.5 Å². The Morgan fingerprint density at radius 1 is 1.14 bits per heavy atom. The lowest BCUT2D eigenvalue weighted by molar-refractivity contribution is 0.100. The van der Waals surface area contributed by atoms with Gasteiger partial charge in [0.15, 0.2) is 0 Å². The Bertz CT molecular complexity index is 1250. The number of H-pyrrole nitrogens is 1. The number of nitrogens with two attached hydrogens (primary N) is 1. The number of hydrogen-bond donors (Lipinski definition) is 2. The summed E-state index contributed by atoms with van der Waals surface area (Å²) in [7, 11) is 0. The van der Waals surface area contributed by atoms with Gasteiger partial charge in [-0.05, 0) is 30.3 Å². The van der Waals surface area contributed by atoms with Crippen molar-refractivity contribution in [2.24, 2.45) is 5.73 Å². The largest absolute Gasteiger partial charge is 0.378 e. The first-order valence-corrected chi connectivity index (χ1v) is 9.70. The van der Waals surface area contributed by atoms with Crippen molar-refractivity contribution in [3.63, 3.8) is 0 Å². The van der Waals surface area contributed by atoms with Gasteiger partial charge in [0.25, 0.3) is 5.91 Å². The highest BCUT2D eigenvalue weighted by Crippen LogP contribution is 2.31. The quantitative estimate of drug-likeness (QED) is 0.542. The van der Waals surface area contributed by atoms with Crippen LogP contribution >= 0.6 is 11.6 Å². The van der Waals surface area contributed by atoms with E-state index in [4.69, 9.17) is 32.0 Å². The fraction of sp³-hybridized carbons (Fsp3) is 0.190. The zero-order valence-corrected chi connectivity index (χ0v) is 16.2. The number of ether oxygens (including phenoxy) is 1. The van der Waals surface area contributed by atoms with Crippen molar-refractivity contribution in [2.75, 3.05) is 31.2 Å². The molecule has 29 heavy (non-hydrogen) atoms. The van der Waals surface area contributed by atoms with Gasteiger partial charge in [0.2, 0.25) is 0 Å². The molecular formula is C21H18ClN5O2. The molecule has 0 bridgehead atoms. The highest BCUT2D eigenvalue weighted by molar-refractivity contribution is 6.30. The Morgan fingerprint density at radius 2 is 1.97 bits per heavy atom. The third-order valence-electron chi connectivity index (χ3n) is 5.12. The van der Waals surface area contributed by atoms with Crippen molar-refractivity contribution in [3.05, 3.63) is 53.1 Å². The molecule has 0 spiro atoms. The number of nitrogens with zero attached hydrogens (tertiary/aromatic N) is 3. The maximum Gasteiger partial charge on any atom is 0.250 e. The van der Waals surface area contributed by atoms with E-state index in [0.29, 0.717) is 46.2 Å². The number of carbonyl (C=O) groups excluding carboxylic acids is 1. The summed E-state index contributed by atoms with van der Waals surface area (Å²) in [4.78, 5) is 27.1. The minimum atomic E-state index is -0.527. The molecule has 0 radical (unpaired) electrons. The SMILES string of the molecule is NC(=O)c1cc(-c2cccc(Cl)c2)nc2c1[nH]c1nc(N3CCOCC3)ccc12. The van der Waals surface area contributed by atoms with Crippen molar-refractivity contribution < 1.29 is 9.53 Å². The second kappa shape index (κ2) is 7.02. The molecule has 1 aromatic carbocycles. The van der Waals surface area contributed by atoms with E-state index >= 15 is 0 Å². The van der Waals surface area contributed by atoms with E-state index in [2.05, 4.69) is 9.88 Å². The Morgan fingerprint density at radius 3 is 2.72 bits per heavy atom. The lowest BCUT2D eigenvalue weighted by Crippen LogP contribution is -2.36. The number of rotatable bonds is 3. The summed E-state index contributed by atoms with van der Waals surface area (Å²) >= 11 is 6.13. The van der Waals surface area contributed by atoms with Gasteiger partial charge in [-0.1, -0.05) is 23.7 Å². The Hall–Kier alpha value is -3.16. The average Bonchev–Trinajstić information content (AvgIpc) is 3.11. The van der Waals surface area contributed by atoms with Crippen LogP contribution in [0.15, 0.2) is 42.5 Å². The first kappa shape index (κ1) is 17.9. The van der Waals surface area contributed by atoms with Crippen molar-refractivity contribution in [1.29, 1.82) is 0 Å². The second-order valence-corrected chi connectivity index (χ2v) is 7.38. The van der Waals surface area contributed by atoms with Crippen LogP contribution in [-0.2, 0) is 4.74 Å². The van der Waals surface area contributed by atoms with Gasteiger partial charge in [0, 0.05) is 29.1 Å². The molecule has 1 amide bonds. The molecule has 4 heterocycles. The van der Waals surface area contributed by atoms with Crippen molar-refractivity contribution in [2.45, 2.75) is 0 Å². The first-order chi connectivity index (χ1) is 14.1. The average molecular weight is 408 g/mol. The van der Waals surface area contributed by atoms with Crippen molar-refractivity contribution in [3.8, 4) is 11.3 Å². The van der Waals surface area contributed by atoms with Crippen LogP contribution in [0, 0.1) is 0 Å². The van der Waals surface area contributed by atoms with E-state index in [1.165, 1.54) is 0 Å². The van der Waals surface area contributed by atoms with E-state index in [9.17, 15) is 4.79 Å². The number of benzene rings is 1. The van der Waals surface area contributed by atoms with Crippen LogP contribution in [0.25, 0.3) is 33.3 Å². The Balaban J connectivity index is 1.71. The molecule has 4 aromatic rings. The third kappa shape index (κ3) is 3.18. The minimum Gasteiger partial charge on any atom is -0.378 e. The van der Waals surface area contributed by atoms with Gasteiger partial charge in [-0.25, -0.2) is 9.97 Å². The smallest absolute Gasteiger partial charge is 0.250 e. The summed E-state index contributed by atoms with van der Waals surface area (Å²) in [5.74, 6) is 0.337. The molecule has 0 atom stereocenters. The highest BCUT2D eigenvalue weighted by Gasteiger charge is 2.19. The number of carbonyl (C=O) groups is 1. The number of fused-ring (bicyclic) bond motifs is 3. The molecule has 0 saturated carbocycles. The minimum absolute atomic E-state index is 0.371. The van der Waals surface area contributed by atoms with Crippen LogP contribution in [0.1, 0.15) is 10.4 Å². The number of primary amides is 1. The summed E-state index contributed by atoms with van der Waals surface area (Å²) in [6.07, 6.45) is 0. The fourth-order valence-corrected chi connectivity index (χ4v) is 3.87. The highest BCUT2D eigenvalue weighted by atomic mass is 35.5. The Labute approximate surface area is 171 Å². The first-order valence-electron chi connectivity index (χ1n) is 9.32. The molecule has 0 unspecified atom stereocenters. The van der Waals surface area contributed by atoms with E-state index in [-0.39, 0.29) is 0 Å². The second-order valence-electron chi connectivity index (χ2n) is 6.94. The van der Waals surface area contributed by atoms with Crippen molar-refractivity contribution in [1.82, 2.24) is 15.0 Å². The number of nitrogens with one attached hydrogen (secondary N) is 1. The number of aromatic nitrogens is 3. The van der Waals surface area contributed by atoms with Crippen LogP contribution in [0.3, 0.4) is 0 Å². The summed E-state index contributed by atoms with van der Waals surface area (Å²) in [6, 6.07) is 13.0. The molecule has 0 aliphatic carbocycles. The van der Waals surface area contributed by atoms with Gasteiger partial charge in [-0.3, -0.25) is 4.79 Å². The normalized spacial score (nSPS) is 14.6. The monoisotopic (exact) mass is 407 g/mol. The number of aromatic amines is 1. The molecule has 3 aromatic heterocycles.